The molecule has 0 atom stereocenters. The highest BCUT2D eigenvalue weighted by molar-refractivity contribution is 6.08. The van der Waals surface area contributed by atoms with Crippen molar-refractivity contribution in [2.45, 2.75) is 13.5 Å². The predicted octanol–water partition coefficient (Wildman–Crippen LogP) is 4.56. The van der Waals surface area contributed by atoms with Crippen LogP contribution < -0.4 is 5.63 Å². The van der Waals surface area contributed by atoms with E-state index in [1.165, 1.54) is 11.6 Å². The van der Waals surface area contributed by atoms with Crippen LogP contribution in [-0.4, -0.2) is 15.0 Å². The van der Waals surface area contributed by atoms with Crippen LogP contribution in [0.15, 0.2) is 82.1 Å². The van der Waals surface area contributed by atoms with Gasteiger partial charge in [0, 0.05) is 17.0 Å². The molecule has 0 amide bonds. The Labute approximate surface area is 160 Å². The third-order valence-electron chi connectivity index (χ3n) is 4.94. The molecule has 3 aromatic carbocycles. The molecule has 0 bridgehead atoms. The Morgan fingerprint density at radius 2 is 1.82 bits per heavy atom. The van der Waals surface area contributed by atoms with E-state index in [0.717, 1.165) is 33.0 Å². The number of rotatable bonds is 3. The maximum Gasteiger partial charge on any atom is 0.336 e. The zero-order valence-corrected chi connectivity index (χ0v) is 15.3. The first-order valence-electron chi connectivity index (χ1n) is 9.09. The molecule has 0 radical (unpaired) electrons. The Bertz CT molecular complexity index is 1370. The summed E-state index contributed by atoms with van der Waals surface area (Å²) in [7, 11) is 0. The van der Waals surface area contributed by atoms with E-state index in [1.807, 2.05) is 54.2 Å². The van der Waals surface area contributed by atoms with Crippen LogP contribution >= 0.6 is 0 Å². The van der Waals surface area contributed by atoms with Gasteiger partial charge in [-0.15, -0.1) is 5.10 Å². The summed E-state index contributed by atoms with van der Waals surface area (Å²) in [6.07, 6.45) is 1.95. The summed E-state index contributed by atoms with van der Waals surface area (Å²) in [5.74, 6) is 0. The van der Waals surface area contributed by atoms with E-state index in [2.05, 4.69) is 34.6 Å². The van der Waals surface area contributed by atoms with Crippen LogP contribution in [0, 0.1) is 6.92 Å². The van der Waals surface area contributed by atoms with Gasteiger partial charge in [0.2, 0.25) is 0 Å². The summed E-state index contributed by atoms with van der Waals surface area (Å²) >= 11 is 0. The lowest BCUT2D eigenvalue weighted by Gasteiger charge is -2.07. The van der Waals surface area contributed by atoms with Gasteiger partial charge in [-0.2, -0.15) is 0 Å². The molecule has 0 aliphatic rings. The molecule has 2 aromatic heterocycles. The van der Waals surface area contributed by atoms with Gasteiger partial charge in [-0.05, 0) is 41.0 Å². The second-order valence-corrected chi connectivity index (χ2v) is 6.91. The third kappa shape index (κ3) is 2.87. The summed E-state index contributed by atoms with van der Waals surface area (Å²) in [5, 5.41) is 11.7. The summed E-state index contributed by atoms with van der Waals surface area (Å²) in [4.78, 5) is 11.7. The Balaban J connectivity index is 1.60. The van der Waals surface area contributed by atoms with Crippen molar-refractivity contribution in [2.24, 2.45) is 0 Å². The van der Waals surface area contributed by atoms with E-state index < -0.39 is 0 Å². The summed E-state index contributed by atoms with van der Waals surface area (Å²) in [6, 6.07) is 21.7. The first-order chi connectivity index (χ1) is 13.7. The van der Waals surface area contributed by atoms with Gasteiger partial charge in [-0.25, -0.2) is 9.48 Å². The van der Waals surface area contributed by atoms with E-state index in [0.29, 0.717) is 12.1 Å². The maximum atomic E-state index is 11.7. The first kappa shape index (κ1) is 16.4. The Kier molecular flexibility index (Phi) is 3.79. The molecular weight excluding hydrogens is 350 g/mol. The number of benzene rings is 3. The third-order valence-corrected chi connectivity index (χ3v) is 4.94. The monoisotopic (exact) mass is 367 g/mol. The van der Waals surface area contributed by atoms with E-state index in [9.17, 15) is 4.79 Å². The van der Waals surface area contributed by atoms with Crippen molar-refractivity contribution in [3.05, 3.63) is 94.5 Å². The number of hydrogen-bond acceptors (Lipinski definition) is 4. The Morgan fingerprint density at radius 3 is 2.68 bits per heavy atom. The smallest absolute Gasteiger partial charge is 0.336 e. The van der Waals surface area contributed by atoms with Crippen molar-refractivity contribution in [3.8, 4) is 11.3 Å². The highest BCUT2D eigenvalue weighted by Gasteiger charge is 2.10. The normalized spacial score (nSPS) is 11.3. The molecule has 0 unspecified atom stereocenters. The molecule has 0 spiro atoms. The lowest BCUT2D eigenvalue weighted by molar-refractivity contribution is 0.560. The minimum Gasteiger partial charge on any atom is -0.423 e. The molecule has 5 aromatic rings. The zero-order valence-electron chi connectivity index (χ0n) is 15.3. The maximum absolute atomic E-state index is 11.7. The largest absolute Gasteiger partial charge is 0.423 e. The average Bonchev–Trinajstić information content (AvgIpc) is 3.16. The molecule has 0 saturated heterocycles. The van der Waals surface area contributed by atoms with Crippen molar-refractivity contribution < 1.29 is 4.42 Å². The van der Waals surface area contributed by atoms with Crippen LogP contribution in [0.5, 0.6) is 0 Å². The Hall–Kier alpha value is -3.73. The molecule has 2 heterocycles. The SMILES string of the molecule is Cc1cc(=O)oc2ccc3ccc(-c4cn(Cc5ccccc5)nn4)cc3c12. The highest BCUT2D eigenvalue weighted by atomic mass is 16.4. The van der Waals surface area contributed by atoms with Crippen molar-refractivity contribution in [2.75, 3.05) is 0 Å². The molecule has 0 fully saturated rings. The topological polar surface area (TPSA) is 60.9 Å². The standard InChI is InChI=1S/C23H17N3O2/c1-15-11-22(27)28-21-10-9-17-7-8-18(12-19(17)23(15)21)20-14-26(25-24-20)13-16-5-3-2-4-6-16/h2-12,14H,13H2,1H3. The Morgan fingerprint density at radius 1 is 1.00 bits per heavy atom. The second kappa shape index (κ2) is 6.46. The zero-order chi connectivity index (χ0) is 19.1. The molecule has 5 nitrogen and oxygen atoms in total. The number of hydrogen-bond donors (Lipinski definition) is 0. The van der Waals surface area contributed by atoms with E-state index in [1.54, 1.807) is 0 Å². The minimum absolute atomic E-state index is 0.329. The van der Waals surface area contributed by atoms with Gasteiger partial charge in [0.25, 0.3) is 0 Å². The van der Waals surface area contributed by atoms with Gasteiger partial charge < -0.3 is 4.42 Å². The summed E-state index contributed by atoms with van der Waals surface area (Å²) < 4.78 is 7.21. The van der Waals surface area contributed by atoms with Gasteiger partial charge in [0.1, 0.15) is 11.3 Å². The molecule has 5 heteroatoms. The van der Waals surface area contributed by atoms with Crippen molar-refractivity contribution in [1.29, 1.82) is 0 Å². The number of fused-ring (bicyclic) bond motifs is 3. The van der Waals surface area contributed by atoms with Crippen molar-refractivity contribution in [3.63, 3.8) is 0 Å². The fourth-order valence-corrected chi connectivity index (χ4v) is 3.62. The number of nitrogens with zero attached hydrogens (tertiary/aromatic N) is 3. The first-order valence-corrected chi connectivity index (χ1v) is 9.09. The van der Waals surface area contributed by atoms with Crippen LogP contribution in [0.2, 0.25) is 0 Å². The number of aryl methyl sites for hydroxylation is 1. The second-order valence-electron chi connectivity index (χ2n) is 6.91. The van der Waals surface area contributed by atoms with Gasteiger partial charge >= 0.3 is 5.63 Å². The summed E-state index contributed by atoms with van der Waals surface area (Å²) in [6.45, 7) is 2.61. The predicted molar refractivity (Wildman–Crippen MR) is 109 cm³/mol. The van der Waals surface area contributed by atoms with E-state index in [-0.39, 0.29) is 5.63 Å². The lowest BCUT2D eigenvalue weighted by Crippen LogP contribution is -1.99. The quantitative estimate of drug-likeness (QED) is 0.346. The van der Waals surface area contributed by atoms with Crippen LogP contribution in [0.3, 0.4) is 0 Å². The molecule has 0 saturated carbocycles. The fourth-order valence-electron chi connectivity index (χ4n) is 3.62. The lowest BCUT2D eigenvalue weighted by atomic mass is 9.99. The van der Waals surface area contributed by atoms with Gasteiger partial charge in [0.05, 0.1) is 12.7 Å². The highest BCUT2D eigenvalue weighted by Crippen LogP contribution is 2.30. The number of aromatic nitrogens is 3. The molecule has 28 heavy (non-hydrogen) atoms. The fraction of sp³-hybridized carbons (Fsp3) is 0.0870. The van der Waals surface area contributed by atoms with E-state index in [4.69, 9.17) is 4.42 Å². The van der Waals surface area contributed by atoms with Gasteiger partial charge in [0.15, 0.2) is 0 Å². The minimum atomic E-state index is -0.329. The van der Waals surface area contributed by atoms with Crippen LogP contribution in [-0.2, 0) is 6.54 Å². The molecule has 0 N–H and O–H groups in total. The van der Waals surface area contributed by atoms with Gasteiger partial charge in [-0.1, -0.05) is 53.7 Å². The molecular formula is C23H17N3O2. The van der Waals surface area contributed by atoms with Crippen LogP contribution in [0.25, 0.3) is 33.0 Å². The van der Waals surface area contributed by atoms with Crippen molar-refractivity contribution in [1.82, 2.24) is 15.0 Å². The van der Waals surface area contributed by atoms with Crippen molar-refractivity contribution >= 4 is 21.7 Å². The van der Waals surface area contributed by atoms with Crippen LogP contribution in [0.4, 0.5) is 0 Å². The molecule has 136 valence electrons. The molecule has 0 aliphatic heterocycles. The average molecular weight is 367 g/mol. The molecule has 5 rings (SSSR count). The van der Waals surface area contributed by atoms with Crippen LogP contribution in [0.1, 0.15) is 11.1 Å². The van der Waals surface area contributed by atoms with E-state index >= 15 is 0 Å². The molecule has 0 aliphatic carbocycles. The van der Waals surface area contributed by atoms with Gasteiger partial charge in [-0.3, -0.25) is 0 Å². The summed E-state index contributed by atoms with van der Waals surface area (Å²) in [5.41, 5.74) is 4.14.